The number of amides is 2. The molecule has 2 aliphatic rings. The van der Waals surface area contributed by atoms with E-state index in [9.17, 15) is 9.59 Å². The smallest absolute Gasteiger partial charge is 0.246 e. The van der Waals surface area contributed by atoms with Gasteiger partial charge < -0.3 is 10.2 Å². The topological polar surface area (TPSA) is 49.4 Å². The van der Waals surface area contributed by atoms with Crippen LogP contribution in [-0.4, -0.2) is 28.8 Å². The normalized spacial score (nSPS) is 27.8. The van der Waals surface area contributed by atoms with Crippen molar-refractivity contribution in [2.75, 3.05) is 0 Å². The van der Waals surface area contributed by atoms with Gasteiger partial charge in [-0.15, -0.1) is 11.3 Å². The third-order valence-corrected chi connectivity index (χ3v) is 5.58. The van der Waals surface area contributed by atoms with Crippen molar-refractivity contribution >= 4 is 23.2 Å². The van der Waals surface area contributed by atoms with Crippen molar-refractivity contribution in [2.45, 2.75) is 57.7 Å². The fraction of sp³-hybridized carbons (Fsp3) is 0.625. The van der Waals surface area contributed by atoms with Crippen LogP contribution in [0.4, 0.5) is 0 Å². The zero-order valence-electron chi connectivity index (χ0n) is 12.4. The molecule has 1 N–H and O–H groups in total. The maximum Gasteiger partial charge on any atom is 0.246 e. The molecule has 1 aliphatic heterocycles. The molecule has 2 amide bonds. The Bertz CT molecular complexity index is 508. The Balaban J connectivity index is 1.77. The summed E-state index contributed by atoms with van der Waals surface area (Å²) < 4.78 is 0. The molecule has 0 bridgehead atoms. The molecule has 2 fully saturated rings. The Kier molecular flexibility index (Phi) is 4.29. The lowest BCUT2D eigenvalue weighted by Gasteiger charge is -2.41. The Morgan fingerprint density at radius 1 is 1.29 bits per heavy atom. The highest BCUT2D eigenvalue weighted by Gasteiger charge is 2.41. The molecule has 21 heavy (non-hydrogen) atoms. The minimum absolute atomic E-state index is 0.0123. The van der Waals surface area contributed by atoms with Crippen LogP contribution in [0.3, 0.4) is 0 Å². The van der Waals surface area contributed by atoms with Gasteiger partial charge in [0.15, 0.2) is 0 Å². The third kappa shape index (κ3) is 2.98. The Labute approximate surface area is 129 Å². The van der Waals surface area contributed by atoms with E-state index in [1.807, 2.05) is 24.4 Å². The van der Waals surface area contributed by atoms with Crippen LogP contribution in [0.25, 0.3) is 0 Å². The van der Waals surface area contributed by atoms with Crippen molar-refractivity contribution < 1.29 is 9.59 Å². The van der Waals surface area contributed by atoms with Crippen molar-refractivity contribution in [1.29, 1.82) is 0 Å². The van der Waals surface area contributed by atoms with Gasteiger partial charge in [-0.2, -0.15) is 0 Å². The first-order chi connectivity index (χ1) is 10.2. The van der Waals surface area contributed by atoms with E-state index in [1.165, 1.54) is 19.3 Å². The molecule has 2 heterocycles. The van der Waals surface area contributed by atoms with Crippen molar-refractivity contribution in [3.05, 3.63) is 22.4 Å². The van der Waals surface area contributed by atoms with E-state index in [0.717, 1.165) is 17.7 Å². The van der Waals surface area contributed by atoms with Gasteiger partial charge in [-0.05, 0) is 37.1 Å². The average molecular weight is 306 g/mol. The van der Waals surface area contributed by atoms with Crippen LogP contribution in [-0.2, 0) is 16.1 Å². The standard InChI is InChI=1S/C16H22N2O2S/c1-11-15(19)17-14(12-6-3-2-4-7-12)16(20)18(11)10-13-8-5-9-21-13/h5,8-9,11-12,14H,2-4,6-7,10H2,1H3,(H,17,19). The fourth-order valence-corrected chi connectivity index (χ4v) is 4.12. The van der Waals surface area contributed by atoms with Gasteiger partial charge in [-0.1, -0.05) is 25.3 Å². The lowest BCUT2D eigenvalue weighted by atomic mass is 9.82. The van der Waals surface area contributed by atoms with E-state index < -0.39 is 0 Å². The summed E-state index contributed by atoms with van der Waals surface area (Å²) in [5, 5.41) is 4.98. The van der Waals surface area contributed by atoms with Crippen LogP contribution in [0, 0.1) is 5.92 Å². The molecule has 3 rings (SSSR count). The first-order valence-electron chi connectivity index (χ1n) is 7.80. The highest BCUT2D eigenvalue weighted by Crippen LogP contribution is 2.30. The second kappa shape index (κ2) is 6.18. The minimum Gasteiger partial charge on any atom is -0.342 e. The number of carbonyl (C=O) groups excluding carboxylic acids is 2. The molecule has 2 atom stereocenters. The molecule has 2 unspecified atom stereocenters. The van der Waals surface area contributed by atoms with Gasteiger partial charge in [-0.3, -0.25) is 9.59 Å². The van der Waals surface area contributed by atoms with Crippen LogP contribution >= 0.6 is 11.3 Å². The van der Waals surface area contributed by atoms with Crippen LogP contribution in [0.2, 0.25) is 0 Å². The minimum atomic E-state index is -0.376. The summed E-state index contributed by atoms with van der Waals surface area (Å²) in [6.45, 7) is 2.37. The molecule has 0 spiro atoms. The monoisotopic (exact) mass is 306 g/mol. The Hall–Kier alpha value is -1.36. The van der Waals surface area contributed by atoms with Gasteiger partial charge in [0.05, 0.1) is 6.54 Å². The van der Waals surface area contributed by atoms with Gasteiger partial charge in [0.1, 0.15) is 12.1 Å². The van der Waals surface area contributed by atoms with Crippen molar-refractivity contribution in [3.8, 4) is 0 Å². The van der Waals surface area contributed by atoms with Crippen LogP contribution in [0.5, 0.6) is 0 Å². The van der Waals surface area contributed by atoms with Crippen molar-refractivity contribution in [3.63, 3.8) is 0 Å². The molecule has 1 aromatic heterocycles. The van der Waals surface area contributed by atoms with Gasteiger partial charge in [0, 0.05) is 4.88 Å². The predicted octanol–water partition coefficient (Wildman–Crippen LogP) is 2.54. The largest absolute Gasteiger partial charge is 0.342 e. The van der Waals surface area contributed by atoms with Gasteiger partial charge in [-0.25, -0.2) is 0 Å². The molecule has 1 aromatic rings. The Morgan fingerprint density at radius 2 is 2.05 bits per heavy atom. The summed E-state index contributed by atoms with van der Waals surface area (Å²) in [4.78, 5) is 27.9. The summed E-state index contributed by atoms with van der Waals surface area (Å²) >= 11 is 1.63. The van der Waals surface area contributed by atoms with E-state index in [-0.39, 0.29) is 23.9 Å². The number of nitrogens with one attached hydrogen (secondary N) is 1. The predicted molar refractivity (Wildman–Crippen MR) is 82.8 cm³/mol. The van der Waals surface area contributed by atoms with E-state index >= 15 is 0 Å². The van der Waals surface area contributed by atoms with Crippen LogP contribution in [0.1, 0.15) is 43.9 Å². The van der Waals surface area contributed by atoms with E-state index in [2.05, 4.69) is 5.32 Å². The van der Waals surface area contributed by atoms with E-state index in [1.54, 1.807) is 16.2 Å². The molecular formula is C16H22N2O2S. The van der Waals surface area contributed by atoms with Crippen LogP contribution in [0.15, 0.2) is 17.5 Å². The number of hydrogen-bond acceptors (Lipinski definition) is 3. The highest BCUT2D eigenvalue weighted by atomic mass is 32.1. The summed E-state index contributed by atoms with van der Waals surface area (Å²) in [6, 6.07) is 3.32. The number of rotatable bonds is 3. The second-order valence-corrected chi connectivity index (χ2v) is 7.14. The SMILES string of the molecule is CC1C(=O)NC(C2CCCCC2)C(=O)N1Cc1cccs1. The number of carbonyl (C=O) groups is 2. The first-order valence-corrected chi connectivity index (χ1v) is 8.68. The van der Waals surface area contributed by atoms with Gasteiger partial charge >= 0.3 is 0 Å². The number of hydrogen-bond donors (Lipinski definition) is 1. The zero-order chi connectivity index (χ0) is 14.8. The van der Waals surface area contributed by atoms with Crippen LogP contribution < -0.4 is 5.32 Å². The van der Waals surface area contributed by atoms with Gasteiger partial charge in [0.25, 0.3) is 0 Å². The number of piperazine rings is 1. The lowest BCUT2D eigenvalue weighted by Crippen LogP contribution is -2.64. The summed E-state index contributed by atoms with van der Waals surface area (Å²) in [6.07, 6.45) is 5.70. The molecule has 1 saturated carbocycles. The maximum absolute atomic E-state index is 12.8. The van der Waals surface area contributed by atoms with Crippen molar-refractivity contribution in [1.82, 2.24) is 10.2 Å². The zero-order valence-corrected chi connectivity index (χ0v) is 13.2. The summed E-state index contributed by atoms with van der Waals surface area (Å²) in [5.41, 5.74) is 0. The average Bonchev–Trinajstić information content (AvgIpc) is 3.01. The quantitative estimate of drug-likeness (QED) is 0.933. The molecule has 114 valence electrons. The third-order valence-electron chi connectivity index (χ3n) is 4.72. The maximum atomic E-state index is 12.8. The number of thiophene rings is 1. The molecule has 1 saturated heterocycles. The van der Waals surface area contributed by atoms with Gasteiger partial charge in [0.2, 0.25) is 11.8 Å². The Morgan fingerprint density at radius 3 is 2.71 bits per heavy atom. The lowest BCUT2D eigenvalue weighted by molar-refractivity contribution is -0.151. The van der Waals surface area contributed by atoms with E-state index in [4.69, 9.17) is 0 Å². The fourth-order valence-electron chi connectivity index (χ4n) is 3.42. The highest BCUT2D eigenvalue weighted by molar-refractivity contribution is 7.09. The molecule has 1 aliphatic carbocycles. The number of nitrogens with zero attached hydrogens (tertiary/aromatic N) is 1. The molecule has 5 heteroatoms. The molecule has 4 nitrogen and oxygen atoms in total. The van der Waals surface area contributed by atoms with Crippen molar-refractivity contribution in [2.24, 2.45) is 5.92 Å². The first kappa shape index (κ1) is 14.6. The molecule has 0 aromatic carbocycles. The molecular weight excluding hydrogens is 284 g/mol. The summed E-state index contributed by atoms with van der Waals surface area (Å²) in [7, 11) is 0. The van der Waals surface area contributed by atoms with E-state index in [0.29, 0.717) is 12.5 Å². The second-order valence-electron chi connectivity index (χ2n) is 6.11. The molecule has 0 radical (unpaired) electrons. The summed E-state index contributed by atoms with van der Waals surface area (Å²) in [5.74, 6) is 0.401.